The van der Waals surface area contributed by atoms with E-state index in [0.29, 0.717) is 24.8 Å². The van der Waals surface area contributed by atoms with Crippen LogP contribution in [0.15, 0.2) is 0 Å². The van der Waals surface area contributed by atoms with Crippen molar-refractivity contribution in [1.29, 1.82) is 5.26 Å². The first-order chi connectivity index (χ1) is 4.75. The molecule has 1 amide bonds. The molecule has 0 bridgehead atoms. The fourth-order valence-electron chi connectivity index (χ4n) is 0.802. The lowest BCUT2D eigenvalue weighted by atomic mass is 10.4. The van der Waals surface area contributed by atoms with Gasteiger partial charge in [0.15, 0.2) is 5.40 Å². The van der Waals surface area contributed by atoms with E-state index < -0.39 is 6.23 Å². The van der Waals surface area contributed by atoms with E-state index in [0.717, 1.165) is 4.31 Å². The molecule has 10 heavy (non-hydrogen) atoms. The van der Waals surface area contributed by atoms with Crippen molar-refractivity contribution in [2.75, 3.05) is 0 Å². The van der Waals surface area contributed by atoms with Crippen LogP contribution in [0.25, 0.3) is 0 Å². The number of hydrogen-bond acceptors (Lipinski definition) is 4. The second-order valence-corrected chi connectivity index (χ2v) is 2.68. The highest BCUT2D eigenvalue weighted by Crippen LogP contribution is 2.23. The van der Waals surface area contributed by atoms with Crippen LogP contribution in [0.3, 0.4) is 0 Å². The van der Waals surface area contributed by atoms with E-state index in [-0.39, 0.29) is 5.91 Å². The lowest BCUT2D eigenvalue weighted by molar-refractivity contribution is -0.126. The molecule has 54 valence electrons. The summed E-state index contributed by atoms with van der Waals surface area (Å²) in [4.78, 5) is 10.8. The molecule has 0 spiro atoms. The molecule has 0 aromatic heterocycles. The predicted octanol–water partition coefficient (Wildman–Crippen LogP) is 0.0565. The second-order valence-electron chi connectivity index (χ2n) is 1.92. The lowest BCUT2D eigenvalue weighted by Crippen LogP contribution is -2.24. The molecule has 0 radical (unpaired) electrons. The van der Waals surface area contributed by atoms with Crippen LogP contribution >= 0.6 is 11.9 Å². The van der Waals surface area contributed by atoms with Crippen LogP contribution in [-0.4, -0.2) is 21.5 Å². The number of thiocyanates is 1. The van der Waals surface area contributed by atoms with Gasteiger partial charge in [0.05, 0.1) is 11.9 Å². The molecule has 1 aliphatic heterocycles. The van der Waals surface area contributed by atoms with Crippen molar-refractivity contribution < 1.29 is 9.90 Å². The molecule has 1 rings (SSSR count). The Labute approximate surface area is 62.6 Å². The van der Waals surface area contributed by atoms with Crippen molar-refractivity contribution in [2.45, 2.75) is 19.1 Å². The zero-order valence-electron chi connectivity index (χ0n) is 5.15. The molecule has 1 fully saturated rings. The maximum Gasteiger partial charge on any atom is 0.235 e. The van der Waals surface area contributed by atoms with Crippen LogP contribution in [0.4, 0.5) is 0 Å². The molecule has 1 unspecified atom stereocenters. The van der Waals surface area contributed by atoms with Crippen molar-refractivity contribution in [1.82, 2.24) is 4.31 Å². The first-order valence-corrected chi connectivity index (χ1v) is 3.59. The molecule has 0 aromatic rings. The van der Waals surface area contributed by atoms with E-state index >= 15 is 0 Å². The zero-order chi connectivity index (χ0) is 7.56. The van der Waals surface area contributed by atoms with Gasteiger partial charge in [-0.25, -0.2) is 4.31 Å². The summed E-state index contributed by atoms with van der Waals surface area (Å²) in [5, 5.41) is 18.9. The van der Waals surface area contributed by atoms with Crippen molar-refractivity contribution in [2.24, 2.45) is 0 Å². The average Bonchev–Trinajstić information content (AvgIpc) is 2.20. The van der Waals surface area contributed by atoms with Gasteiger partial charge in [-0.3, -0.25) is 4.79 Å². The molecule has 1 atom stereocenters. The zero-order valence-corrected chi connectivity index (χ0v) is 5.97. The van der Waals surface area contributed by atoms with Gasteiger partial charge in [0.2, 0.25) is 5.91 Å². The Kier molecular flexibility index (Phi) is 2.14. The number of amides is 1. The van der Waals surface area contributed by atoms with E-state index in [2.05, 4.69) is 0 Å². The van der Waals surface area contributed by atoms with E-state index in [1.807, 2.05) is 0 Å². The SMILES string of the molecule is N#CSN1C(=O)CCC1O. The molecule has 1 saturated heterocycles. The minimum absolute atomic E-state index is 0.168. The highest BCUT2D eigenvalue weighted by atomic mass is 32.2. The molecule has 0 aromatic carbocycles. The van der Waals surface area contributed by atoms with Gasteiger partial charge in [-0.2, -0.15) is 5.26 Å². The quantitative estimate of drug-likeness (QED) is 0.433. The molecule has 0 aliphatic carbocycles. The number of aliphatic hydroxyl groups is 1. The Hall–Kier alpha value is -0.730. The van der Waals surface area contributed by atoms with Gasteiger partial charge in [-0.05, 0) is 0 Å². The van der Waals surface area contributed by atoms with Crippen molar-refractivity contribution in [3.05, 3.63) is 0 Å². The lowest BCUT2D eigenvalue weighted by Gasteiger charge is -2.13. The van der Waals surface area contributed by atoms with Crippen LogP contribution in [0.2, 0.25) is 0 Å². The number of rotatable bonds is 1. The Morgan fingerprint density at radius 2 is 2.60 bits per heavy atom. The molecule has 1 aliphatic rings. The van der Waals surface area contributed by atoms with E-state index in [9.17, 15) is 4.79 Å². The van der Waals surface area contributed by atoms with Crippen molar-refractivity contribution >= 4 is 17.9 Å². The average molecular weight is 158 g/mol. The van der Waals surface area contributed by atoms with Crippen LogP contribution in [0.1, 0.15) is 12.8 Å². The topological polar surface area (TPSA) is 64.3 Å². The van der Waals surface area contributed by atoms with Gasteiger partial charge in [0, 0.05) is 12.8 Å². The first-order valence-electron chi connectivity index (χ1n) is 2.82. The fraction of sp³-hybridized carbons (Fsp3) is 0.600. The third-order valence-electron chi connectivity index (χ3n) is 1.27. The van der Waals surface area contributed by atoms with Crippen LogP contribution in [0, 0.1) is 10.7 Å². The Morgan fingerprint density at radius 1 is 1.90 bits per heavy atom. The van der Waals surface area contributed by atoms with Crippen LogP contribution in [0.5, 0.6) is 0 Å². The van der Waals surface area contributed by atoms with Gasteiger partial charge >= 0.3 is 0 Å². The number of carbonyl (C=O) groups is 1. The van der Waals surface area contributed by atoms with Gasteiger partial charge in [0.1, 0.15) is 6.23 Å². The summed E-state index contributed by atoms with van der Waals surface area (Å²) < 4.78 is 1.10. The number of nitriles is 1. The Balaban J connectivity index is 2.56. The first kappa shape index (κ1) is 7.38. The summed E-state index contributed by atoms with van der Waals surface area (Å²) in [5.41, 5.74) is 0. The highest BCUT2D eigenvalue weighted by Gasteiger charge is 2.29. The summed E-state index contributed by atoms with van der Waals surface area (Å²) in [6, 6.07) is 0. The molecule has 5 heteroatoms. The molecular weight excluding hydrogens is 152 g/mol. The van der Waals surface area contributed by atoms with Gasteiger partial charge in [-0.1, -0.05) is 0 Å². The van der Waals surface area contributed by atoms with E-state index in [1.54, 1.807) is 5.40 Å². The van der Waals surface area contributed by atoms with Gasteiger partial charge in [-0.15, -0.1) is 0 Å². The van der Waals surface area contributed by atoms with E-state index in [1.165, 1.54) is 0 Å². The second kappa shape index (κ2) is 2.90. The minimum atomic E-state index is -0.767. The summed E-state index contributed by atoms with van der Waals surface area (Å²) >= 11 is 0.694. The maximum atomic E-state index is 10.8. The number of aliphatic hydroxyl groups excluding tert-OH is 1. The molecule has 0 saturated carbocycles. The third-order valence-corrected chi connectivity index (χ3v) is 2.00. The van der Waals surface area contributed by atoms with Gasteiger partial charge in [0.25, 0.3) is 0 Å². The highest BCUT2D eigenvalue weighted by molar-refractivity contribution is 8.02. The largest absolute Gasteiger partial charge is 0.373 e. The molecular formula is C5H6N2O2S. The summed E-state index contributed by atoms with van der Waals surface area (Å²) in [6.07, 6.45) is 0.0146. The Morgan fingerprint density at radius 3 is 3.00 bits per heavy atom. The van der Waals surface area contributed by atoms with Crippen LogP contribution < -0.4 is 0 Å². The summed E-state index contributed by atoms with van der Waals surface area (Å²) in [5.74, 6) is -0.168. The Bertz CT molecular complexity index is 189. The smallest absolute Gasteiger partial charge is 0.235 e. The van der Waals surface area contributed by atoms with Crippen molar-refractivity contribution in [3.8, 4) is 5.40 Å². The number of carbonyl (C=O) groups excluding carboxylic acids is 1. The minimum Gasteiger partial charge on any atom is -0.373 e. The van der Waals surface area contributed by atoms with Crippen LogP contribution in [-0.2, 0) is 4.79 Å². The monoisotopic (exact) mass is 158 g/mol. The standard InChI is InChI=1S/C5H6N2O2S/c6-3-10-7-4(8)1-2-5(7)9/h4,8H,1-2H2. The molecule has 4 nitrogen and oxygen atoms in total. The number of hydrogen-bond donors (Lipinski definition) is 1. The van der Waals surface area contributed by atoms with E-state index in [4.69, 9.17) is 10.4 Å². The molecule has 1 heterocycles. The maximum absolute atomic E-state index is 10.8. The fourth-order valence-corrected chi connectivity index (χ4v) is 1.31. The summed E-state index contributed by atoms with van der Waals surface area (Å²) in [6.45, 7) is 0. The normalized spacial score (nSPS) is 25.0. The molecule has 1 N–H and O–H groups in total. The summed E-state index contributed by atoms with van der Waals surface area (Å²) in [7, 11) is 0. The predicted molar refractivity (Wildman–Crippen MR) is 35.3 cm³/mol. The van der Waals surface area contributed by atoms with Crippen molar-refractivity contribution in [3.63, 3.8) is 0 Å². The van der Waals surface area contributed by atoms with Gasteiger partial charge < -0.3 is 5.11 Å². The third kappa shape index (κ3) is 1.23. The number of nitrogens with zero attached hydrogens (tertiary/aromatic N) is 2.